The summed E-state index contributed by atoms with van der Waals surface area (Å²) in [5.74, 6) is 0.305. The molecule has 1 fully saturated rings. The van der Waals surface area contributed by atoms with E-state index in [1.807, 2.05) is 6.20 Å². The smallest absolute Gasteiger partial charge is 0.257 e. The van der Waals surface area contributed by atoms with Crippen LogP contribution in [0.1, 0.15) is 23.7 Å². The fourth-order valence-corrected chi connectivity index (χ4v) is 3.63. The molecule has 3 rings (SSSR count). The molecule has 162 valence electrons. The molecule has 8 heteroatoms. The minimum atomic E-state index is -0.279. The van der Waals surface area contributed by atoms with E-state index >= 15 is 0 Å². The Labute approximate surface area is 177 Å². The Bertz CT molecular complexity index is 882. The van der Waals surface area contributed by atoms with E-state index in [2.05, 4.69) is 27.0 Å². The topological polar surface area (TPSA) is 60.9 Å². The van der Waals surface area contributed by atoms with Gasteiger partial charge in [0.2, 0.25) is 0 Å². The number of halogens is 1. The summed E-state index contributed by atoms with van der Waals surface area (Å²) in [7, 11) is 5.07. The number of rotatable bonds is 7. The summed E-state index contributed by atoms with van der Waals surface area (Å²) in [4.78, 5) is 22.9. The van der Waals surface area contributed by atoms with Gasteiger partial charge in [-0.25, -0.2) is 4.39 Å². The summed E-state index contributed by atoms with van der Waals surface area (Å²) in [5, 5.41) is 3.42. The largest absolute Gasteiger partial charge is 0.495 e. The fraction of sp³-hybridized carbons (Fsp3) is 0.455. The van der Waals surface area contributed by atoms with E-state index in [9.17, 15) is 9.18 Å². The first-order chi connectivity index (χ1) is 14.5. The molecular weight excluding hydrogens is 385 g/mol. The van der Waals surface area contributed by atoms with Crippen LogP contribution >= 0.6 is 0 Å². The number of nitrogens with zero attached hydrogens (tertiary/aromatic N) is 4. The Morgan fingerprint density at radius 2 is 1.83 bits per heavy atom. The van der Waals surface area contributed by atoms with Crippen LogP contribution in [0.25, 0.3) is 0 Å². The quantitative estimate of drug-likeness (QED) is 0.750. The van der Waals surface area contributed by atoms with Gasteiger partial charge in [-0.3, -0.25) is 9.78 Å². The molecule has 0 bridgehead atoms. The summed E-state index contributed by atoms with van der Waals surface area (Å²) in [6, 6.07) is 4.58. The van der Waals surface area contributed by atoms with E-state index in [4.69, 9.17) is 4.74 Å². The van der Waals surface area contributed by atoms with Crippen molar-refractivity contribution < 1.29 is 13.9 Å². The molecular formula is C22H30FN5O2. The molecule has 2 aromatic rings. The second-order valence-electron chi connectivity index (χ2n) is 7.50. The molecule has 1 aliphatic rings. The molecule has 0 aliphatic carbocycles. The predicted molar refractivity (Wildman–Crippen MR) is 118 cm³/mol. The molecule has 1 saturated heterocycles. The van der Waals surface area contributed by atoms with Crippen LogP contribution in [0.2, 0.25) is 0 Å². The molecule has 0 saturated carbocycles. The van der Waals surface area contributed by atoms with Crippen LogP contribution in [0, 0.1) is 5.82 Å². The number of piperazine rings is 1. The zero-order chi connectivity index (χ0) is 21.7. The molecule has 0 spiro atoms. The number of nitrogens with one attached hydrogen (secondary N) is 1. The summed E-state index contributed by atoms with van der Waals surface area (Å²) in [5.41, 5.74) is 3.07. The summed E-state index contributed by atoms with van der Waals surface area (Å²) in [6.07, 6.45) is 4.38. The van der Waals surface area contributed by atoms with Gasteiger partial charge < -0.3 is 24.8 Å². The number of aromatic nitrogens is 1. The van der Waals surface area contributed by atoms with E-state index in [1.54, 1.807) is 38.4 Å². The number of hydrogen-bond donors (Lipinski definition) is 1. The lowest BCUT2D eigenvalue weighted by molar-refractivity contribution is 0.0828. The van der Waals surface area contributed by atoms with E-state index < -0.39 is 0 Å². The molecule has 7 nitrogen and oxygen atoms in total. The van der Waals surface area contributed by atoms with Gasteiger partial charge in [0.15, 0.2) is 0 Å². The highest BCUT2D eigenvalue weighted by Crippen LogP contribution is 2.33. The molecule has 1 amide bonds. The van der Waals surface area contributed by atoms with Crippen LogP contribution in [0.4, 0.5) is 21.5 Å². The van der Waals surface area contributed by atoms with Crippen molar-refractivity contribution in [1.29, 1.82) is 0 Å². The normalized spacial score (nSPS) is 13.9. The van der Waals surface area contributed by atoms with Crippen LogP contribution in [0.3, 0.4) is 0 Å². The molecule has 0 unspecified atom stereocenters. The Hall–Kier alpha value is -3.03. The number of pyridine rings is 1. The third kappa shape index (κ3) is 4.58. The maximum atomic E-state index is 13.8. The van der Waals surface area contributed by atoms with E-state index in [-0.39, 0.29) is 11.7 Å². The first kappa shape index (κ1) is 21.7. The number of ether oxygens (including phenoxy) is 1. The number of carbonyl (C=O) groups excluding carboxylic acids is 1. The average molecular weight is 416 g/mol. The fourth-order valence-electron chi connectivity index (χ4n) is 3.63. The lowest BCUT2D eigenvalue weighted by Gasteiger charge is -2.38. The third-order valence-corrected chi connectivity index (χ3v) is 5.22. The van der Waals surface area contributed by atoms with Gasteiger partial charge in [0.25, 0.3) is 5.91 Å². The maximum Gasteiger partial charge on any atom is 0.257 e. The van der Waals surface area contributed by atoms with Gasteiger partial charge in [0, 0.05) is 59.1 Å². The first-order valence-electron chi connectivity index (χ1n) is 10.2. The molecule has 30 heavy (non-hydrogen) atoms. The Morgan fingerprint density at radius 3 is 2.43 bits per heavy atom. The molecule has 1 aliphatic heterocycles. The minimum Gasteiger partial charge on any atom is -0.495 e. The van der Waals surface area contributed by atoms with Crippen molar-refractivity contribution in [3.05, 3.63) is 42.0 Å². The Kier molecular flexibility index (Phi) is 6.97. The first-order valence-corrected chi connectivity index (χ1v) is 10.2. The van der Waals surface area contributed by atoms with Crippen molar-refractivity contribution in [1.82, 2.24) is 9.88 Å². The van der Waals surface area contributed by atoms with Crippen molar-refractivity contribution in [2.45, 2.75) is 13.3 Å². The average Bonchev–Trinajstić information content (AvgIpc) is 2.77. The van der Waals surface area contributed by atoms with Crippen molar-refractivity contribution in [3.63, 3.8) is 0 Å². The molecule has 0 atom stereocenters. The van der Waals surface area contributed by atoms with Gasteiger partial charge >= 0.3 is 0 Å². The van der Waals surface area contributed by atoms with Crippen molar-refractivity contribution >= 4 is 23.0 Å². The maximum absolute atomic E-state index is 13.8. The lowest BCUT2D eigenvalue weighted by atomic mass is 10.1. The minimum absolute atomic E-state index is 0.0777. The highest BCUT2D eigenvalue weighted by atomic mass is 19.1. The lowest BCUT2D eigenvalue weighted by Crippen LogP contribution is -2.47. The molecule has 1 aromatic heterocycles. The van der Waals surface area contributed by atoms with Gasteiger partial charge in [-0.15, -0.1) is 0 Å². The number of anilines is 3. The summed E-state index contributed by atoms with van der Waals surface area (Å²) < 4.78 is 19.2. The van der Waals surface area contributed by atoms with Crippen LogP contribution in [0.5, 0.6) is 5.75 Å². The van der Waals surface area contributed by atoms with E-state index in [0.717, 1.165) is 43.1 Å². The highest BCUT2D eigenvalue weighted by Gasteiger charge is 2.25. The second-order valence-corrected chi connectivity index (χ2v) is 7.50. The van der Waals surface area contributed by atoms with Crippen LogP contribution in [-0.4, -0.2) is 69.7 Å². The standard InChI is InChI=1S/C22H30FN5O2/c1-5-8-25-21-17(22(29)26(2)3)14-24-15-19(21)28-11-9-27(10-12-28)18-13-16(23)6-7-20(18)30-4/h6-7,13-15H,5,8-12H2,1-4H3,(H,24,25). The molecule has 1 aromatic carbocycles. The Morgan fingerprint density at radius 1 is 1.17 bits per heavy atom. The van der Waals surface area contributed by atoms with Gasteiger partial charge in [-0.05, 0) is 18.6 Å². The van der Waals surface area contributed by atoms with Crippen LogP contribution in [0.15, 0.2) is 30.6 Å². The van der Waals surface area contributed by atoms with Crippen molar-refractivity contribution in [2.24, 2.45) is 0 Å². The van der Waals surface area contributed by atoms with Crippen molar-refractivity contribution in [3.8, 4) is 5.75 Å². The van der Waals surface area contributed by atoms with E-state index in [0.29, 0.717) is 24.4 Å². The van der Waals surface area contributed by atoms with Gasteiger partial charge in [0.05, 0.1) is 35.9 Å². The SMILES string of the molecule is CCCNc1c(C(=O)N(C)C)cncc1N1CCN(c2cc(F)ccc2OC)CC1. The van der Waals surface area contributed by atoms with Gasteiger partial charge in [0.1, 0.15) is 11.6 Å². The second kappa shape index (κ2) is 9.65. The summed E-state index contributed by atoms with van der Waals surface area (Å²) >= 11 is 0. The third-order valence-electron chi connectivity index (χ3n) is 5.22. The monoisotopic (exact) mass is 415 g/mol. The number of carbonyl (C=O) groups is 1. The number of benzene rings is 1. The number of hydrogen-bond acceptors (Lipinski definition) is 6. The van der Waals surface area contributed by atoms with Crippen LogP contribution < -0.4 is 19.9 Å². The Balaban J connectivity index is 1.84. The van der Waals surface area contributed by atoms with E-state index in [1.165, 1.54) is 12.1 Å². The zero-order valence-electron chi connectivity index (χ0n) is 18.1. The summed E-state index contributed by atoms with van der Waals surface area (Å²) in [6.45, 7) is 5.72. The number of methoxy groups -OCH3 is 1. The number of amides is 1. The molecule has 2 heterocycles. The highest BCUT2D eigenvalue weighted by molar-refractivity contribution is 6.02. The van der Waals surface area contributed by atoms with Crippen molar-refractivity contribution in [2.75, 3.05) is 69.0 Å². The van der Waals surface area contributed by atoms with Gasteiger partial charge in [-0.1, -0.05) is 6.92 Å². The molecule has 0 radical (unpaired) electrons. The van der Waals surface area contributed by atoms with Crippen LogP contribution in [-0.2, 0) is 0 Å². The molecule has 1 N–H and O–H groups in total. The predicted octanol–water partition coefficient (Wildman–Crippen LogP) is 3.08. The van der Waals surface area contributed by atoms with Gasteiger partial charge in [-0.2, -0.15) is 0 Å². The zero-order valence-corrected chi connectivity index (χ0v) is 18.1.